The Morgan fingerprint density at radius 2 is 1.95 bits per heavy atom. The van der Waals surface area contributed by atoms with Crippen molar-refractivity contribution in [1.29, 1.82) is 0 Å². The topological polar surface area (TPSA) is 36.4 Å². The van der Waals surface area contributed by atoms with Gasteiger partial charge in [0.2, 0.25) is 5.91 Å². The molecule has 0 N–H and O–H groups in total. The highest BCUT2D eigenvalue weighted by Crippen LogP contribution is 2.32. The van der Waals surface area contributed by atoms with Crippen LogP contribution in [0.3, 0.4) is 0 Å². The summed E-state index contributed by atoms with van der Waals surface area (Å²) in [5.41, 5.74) is 1.36. The number of carbonyl (C=O) groups is 1. The Labute approximate surface area is 129 Å². The summed E-state index contributed by atoms with van der Waals surface area (Å²) in [5.74, 6) is 0.328. The van der Waals surface area contributed by atoms with Crippen molar-refractivity contribution in [2.75, 3.05) is 12.1 Å². The molecule has 114 valence electrons. The van der Waals surface area contributed by atoms with Crippen LogP contribution in [0.1, 0.15) is 20.3 Å². The number of hydrazine groups is 1. The van der Waals surface area contributed by atoms with Crippen LogP contribution in [0.5, 0.6) is 0 Å². The first kappa shape index (κ1) is 14.7. The molecule has 0 unspecified atom stereocenters. The quantitative estimate of drug-likeness (QED) is 0.854. The molecule has 1 fully saturated rings. The van der Waals surface area contributed by atoms with Crippen LogP contribution in [-0.4, -0.2) is 28.5 Å². The largest absolute Gasteiger partial charge is 0.273 e. The Kier molecular flexibility index (Phi) is 3.45. The van der Waals surface area contributed by atoms with Crippen molar-refractivity contribution in [3.8, 4) is 11.1 Å². The summed E-state index contributed by atoms with van der Waals surface area (Å²) in [6, 6.07) is 10.0. The smallest absolute Gasteiger partial charge is 0.244 e. The molecular weight excluding hydrogens is 281 g/mol. The van der Waals surface area contributed by atoms with Crippen LogP contribution in [0.25, 0.3) is 11.1 Å². The molecule has 0 aliphatic carbocycles. The van der Waals surface area contributed by atoms with Crippen LogP contribution in [0, 0.1) is 5.82 Å². The van der Waals surface area contributed by atoms with Gasteiger partial charge < -0.3 is 0 Å². The lowest BCUT2D eigenvalue weighted by Crippen LogP contribution is -2.44. The van der Waals surface area contributed by atoms with Gasteiger partial charge in [0, 0.05) is 30.8 Å². The lowest BCUT2D eigenvalue weighted by atomic mass is 10.0. The van der Waals surface area contributed by atoms with Gasteiger partial charge in [-0.1, -0.05) is 12.1 Å². The maximum Gasteiger partial charge on any atom is 0.244 e. The fourth-order valence-corrected chi connectivity index (χ4v) is 2.63. The van der Waals surface area contributed by atoms with Crippen molar-refractivity contribution in [2.24, 2.45) is 0 Å². The number of amides is 1. The number of rotatable bonds is 2. The number of pyridine rings is 1. The number of nitrogens with zero attached hydrogens (tertiary/aromatic N) is 3. The van der Waals surface area contributed by atoms with Gasteiger partial charge in [0.15, 0.2) is 0 Å². The highest BCUT2D eigenvalue weighted by molar-refractivity contribution is 5.94. The van der Waals surface area contributed by atoms with Crippen molar-refractivity contribution in [1.82, 2.24) is 9.99 Å². The number of anilines is 1. The zero-order valence-electron chi connectivity index (χ0n) is 12.9. The highest BCUT2D eigenvalue weighted by atomic mass is 19.1. The molecule has 2 aromatic rings. The number of hydrogen-bond acceptors (Lipinski definition) is 3. The molecule has 1 aliphatic heterocycles. The molecule has 0 atom stereocenters. The first-order chi connectivity index (χ1) is 10.4. The minimum absolute atomic E-state index is 0.0264. The number of aromatic nitrogens is 1. The molecule has 3 rings (SSSR count). The molecule has 1 aromatic carbocycles. The van der Waals surface area contributed by atoms with E-state index in [1.165, 1.54) is 12.1 Å². The SMILES string of the molecule is CN1N(c2ccc(-c3cccc(F)c3)cn2)C(=O)CC1(C)C. The lowest BCUT2D eigenvalue weighted by Gasteiger charge is -2.32. The molecular formula is C17H18FN3O. The molecule has 0 spiro atoms. The normalized spacial score (nSPS) is 18.0. The van der Waals surface area contributed by atoms with Gasteiger partial charge in [0.25, 0.3) is 0 Å². The van der Waals surface area contributed by atoms with Crippen LogP contribution in [0.15, 0.2) is 42.6 Å². The number of benzene rings is 1. The Morgan fingerprint density at radius 3 is 2.50 bits per heavy atom. The molecule has 22 heavy (non-hydrogen) atoms. The van der Waals surface area contributed by atoms with E-state index < -0.39 is 0 Å². The van der Waals surface area contributed by atoms with Gasteiger partial charge in [-0.15, -0.1) is 0 Å². The average molecular weight is 299 g/mol. The lowest BCUT2D eigenvalue weighted by molar-refractivity contribution is -0.118. The van der Waals surface area contributed by atoms with Crippen molar-refractivity contribution >= 4 is 11.7 Å². The molecule has 1 aliphatic rings. The summed E-state index contributed by atoms with van der Waals surface area (Å²) in [6.07, 6.45) is 2.12. The predicted molar refractivity (Wildman–Crippen MR) is 83.6 cm³/mol. The Bertz CT molecular complexity index is 712. The monoisotopic (exact) mass is 299 g/mol. The van der Waals surface area contributed by atoms with E-state index in [4.69, 9.17) is 0 Å². The fraction of sp³-hybridized carbons (Fsp3) is 0.294. The van der Waals surface area contributed by atoms with Crippen LogP contribution in [-0.2, 0) is 4.79 Å². The van der Waals surface area contributed by atoms with Gasteiger partial charge in [0.1, 0.15) is 11.6 Å². The van der Waals surface area contributed by atoms with Crippen LogP contribution >= 0.6 is 0 Å². The van der Waals surface area contributed by atoms with Gasteiger partial charge in [-0.25, -0.2) is 19.4 Å². The molecule has 4 nitrogen and oxygen atoms in total. The van der Waals surface area contributed by atoms with E-state index in [0.717, 1.165) is 11.1 Å². The van der Waals surface area contributed by atoms with E-state index in [1.54, 1.807) is 23.3 Å². The van der Waals surface area contributed by atoms with Crippen molar-refractivity contribution in [3.63, 3.8) is 0 Å². The van der Waals surface area contributed by atoms with E-state index in [9.17, 15) is 9.18 Å². The van der Waals surface area contributed by atoms with Crippen molar-refractivity contribution in [3.05, 3.63) is 48.4 Å². The first-order valence-electron chi connectivity index (χ1n) is 7.17. The fourth-order valence-electron chi connectivity index (χ4n) is 2.63. The van der Waals surface area contributed by atoms with Gasteiger partial charge >= 0.3 is 0 Å². The Morgan fingerprint density at radius 1 is 1.18 bits per heavy atom. The second-order valence-electron chi connectivity index (χ2n) is 6.13. The molecule has 1 saturated heterocycles. The van der Waals surface area contributed by atoms with Gasteiger partial charge in [-0.3, -0.25) is 4.79 Å². The van der Waals surface area contributed by atoms with E-state index in [-0.39, 0.29) is 17.3 Å². The standard InChI is InChI=1S/C17H18FN3O/c1-17(2)10-16(22)21(20(17)3)15-8-7-13(11-19-15)12-5-4-6-14(18)9-12/h4-9,11H,10H2,1-3H3. The van der Waals surface area contributed by atoms with Crippen molar-refractivity contribution < 1.29 is 9.18 Å². The van der Waals surface area contributed by atoms with E-state index in [1.807, 2.05) is 38.0 Å². The maximum atomic E-state index is 13.3. The second-order valence-corrected chi connectivity index (χ2v) is 6.13. The third-order valence-electron chi connectivity index (χ3n) is 4.12. The Balaban J connectivity index is 1.91. The minimum Gasteiger partial charge on any atom is -0.273 e. The van der Waals surface area contributed by atoms with Crippen LogP contribution in [0.2, 0.25) is 0 Å². The van der Waals surface area contributed by atoms with E-state index in [2.05, 4.69) is 4.98 Å². The summed E-state index contributed by atoms with van der Waals surface area (Å²) in [5, 5.41) is 3.49. The zero-order chi connectivity index (χ0) is 15.9. The van der Waals surface area contributed by atoms with Crippen molar-refractivity contribution in [2.45, 2.75) is 25.8 Å². The summed E-state index contributed by atoms with van der Waals surface area (Å²) in [7, 11) is 1.88. The predicted octanol–water partition coefficient (Wildman–Crippen LogP) is 3.25. The third-order valence-corrected chi connectivity index (χ3v) is 4.12. The van der Waals surface area contributed by atoms with Gasteiger partial charge in [-0.05, 0) is 43.7 Å². The third kappa shape index (κ3) is 2.48. The van der Waals surface area contributed by atoms with Gasteiger partial charge in [0.05, 0.1) is 0 Å². The molecule has 5 heteroatoms. The molecule has 0 radical (unpaired) electrons. The molecule has 0 saturated carbocycles. The minimum atomic E-state index is -0.280. The molecule has 1 aromatic heterocycles. The summed E-state index contributed by atoms with van der Waals surface area (Å²) in [4.78, 5) is 16.6. The summed E-state index contributed by atoms with van der Waals surface area (Å²) in [6.45, 7) is 4.04. The Hall–Kier alpha value is -2.27. The molecule has 1 amide bonds. The number of hydrogen-bond donors (Lipinski definition) is 0. The first-order valence-corrected chi connectivity index (χ1v) is 7.17. The van der Waals surface area contributed by atoms with Gasteiger partial charge in [-0.2, -0.15) is 0 Å². The maximum absolute atomic E-state index is 13.3. The van der Waals surface area contributed by atoms with Crippen LogP contribution in [0.4, 0.5) is 10.2 Å². The van der Waals surface area contributed by atoms with E-state index >= 15 is 0 Å². The van der Waals surface area contributed by atoms with Crippen LogP contribution < -0.4 is 5.01 Å². The zero-order valence-corrected chi connectivity index (χ0v) is 12.9. The summed E-state index contributed by atoms with van der Waals surface area (Å²) >= 11 is 0. The summed E-state index contributed by atoms with van der Waals surface area (Å²) < 4.78 is 13.3. The molecule has 2 heterocycles. The highest BCUT2D eigenvalue weighted by Gasteiger charge is 2.42. The number of halogens is 1. The second kappa shape index (κ2) is 5.18. The average Bonchev–Trinajstić information content (AvgIpc) is 2.67. The van der Waals surface area contributed by atoms with E-state index in [0.29, 0.717) is 12.2 Å². The number of carbonyl (C=O) groups excluding carboxylic acids is 1. The molecule has 0 bridgehead atoms.